The van der Waals surface area contributed by atoms with E-state index in [1.807, 2.05) is 56.3 Å². The molecule has 3 aromatic carbocycles. The van der Waals surface area contributed by atoms with Crippen molar-refractivity contribution in [2.45, 2.75) is 19.9 Å². The Kier molecular flexibility index (Phi) is 7.68. The molecule has 8 heteroatoms. The normalized spacial score (nSPS) is 11.4. The monoisotopic (exact) mass is 479 g/mol. The van der Waals surface area contributed by atoms with Gasteiger partial charge < -0.3 is 15.5 Å². The fourth-order valence-corrected chi connectivity index (χ4v) is 3.49. The number of nitrogens with zero attached hydrogens (tertiary/aromatic N) is 3. The van der Waals surface area contributed by atoms with Crippen molar-refractivity contribution in [2.75, 3.05) is 29.6 Å². The average Bonchev–Trinajstić information content (AvgIpc) is 2.79. The summed E-state index contributed by atoms with van der Waals surface area (Å²) < 4.78 is 13.1. The van der Waals surface area contributed by atoms with E-state index < -0.39 is 0 Å². The van der Waals surface area contributed by atoms with Crippen LogP contribution in [0.25, 0.3) is 10.9 Å². The van der Waals surface area contributed by atoms with Crippen molar-refractivity contribution in [3.63, 3.8) is 0 Å². The van der Waals surface area contributed by atoms with Gasteiger partial charge in [0.25, 0.3) is 5.91 Å². The second kappa shape index (κ2) is 10.5. The molecule has 0 radical (unpaired) electrons. The third kappa shape index (κ3) is 5.61. The number of benzene rings is 3. The van der Waals surface area contributed by atoms with Crippen LogP contribution in [0, 0.1) is 12.7 Å². The van der Waals surface area contributed by atoms with Gasteiger partial charge in [-0.2, -0.15) is 4.98 Å². The van der Waals surface area contributed by atoms with Crippen molar-refractivity contribution < 1.29 is 9.18 Å². The predicted molar refractivity (Wildman–Crippen MR) is 139 cm³/mol. The first-order chi connectivity index (χ1) is 15.8. The summed E-state index contributed by atoms with van der Waals surface area (Å²) >= 11 is 0. The Labute approximate surface area is 204 Å². The van der Waals surface area contributed by atoms with Gasteiger partial charge in [-0.05, 0) is 73.5 Å². The lowest BCUT2D eigenvalue weighted by Gasteiger charge is -2.19. The van der Waals surface area contributed by atoms with E-state index in [1.165, 1.54) is 24.3 Å². The van der Waals surface area contributed by atoms with Gasteiger partial charge in [0.05, 0.1) is 5.52 Å². The molecule has 4 aromatic rings. The van der Waals surface area contributed by atoms with Gasteiger partial charge in [-0.25, -0.2) is 9.37 Å². The molecule has 0 fully saturated rings. The van der Waals surface area contributed by atoms with Crippen LogP contribution in [0.2, 0.25) is 0 Å². The number of rotatable bonds is 6. The molecule has 6 nitrogen and oxygen atoms in total. The van der Waals surface area contributed by atoms with Gasteiger partial charge >= 0.3 is 0 Å². The van der Waals surface area contributed by atoms with Crippen LogP contribution < -0.4 is 15.5 Å². The fourth-order valence-electron chi connectivity index (χ4n) is 3.49. The molecule has 0 aliphatic heterocycles. The number of aryl methyl sites for hydroxylation is 1. The SMILES string of the molecule is Cc1ccc2c(NC(C)c3ccc(NC(=O)c4ccc(F)cc4)cc3)nc(N(C)C)nc2c1.Cl. The highest BCUT2D eigenvalue weighted by Gasteiger charge is 2.13. The fraction of sp³-hybridized carbons (Fsp3) is 0.192. The smallest absolute Gasteiger partial charge is 0.255 e. The number of amides is 1. The van der Waals surface area contributed by atoms with E-state index >= 15 is 0 Å². The third-order valence-electron chi connectivity index (χ3n) is 5.37. The molecule has 4 rings (SSSR count). The number of halogens is 2. The van der Waals surface area contributed by atoms with Crippen LogP contribution in [0.5, 0.6) is 0 Å². The van der Waals surface area contributed by atoms with E-state index in [1.54, 1.807) is 0 Å². The zero-order chi connectivity index (χ0) is 23.5. The lowest BCUT2D eigenvalue weighted by Crippen LogP contribution is -2.15. The van der Waals surface area contributed by atoms with Crippen LogP contribution >= 0.6 is 12.4 Å². The van der Waals surface area contributed by atoms with E-state index in [9.17, 15) is 9.18 Å². The van der Waals surface area contributed by atoms with Crippen molar-refractivity contribution in [3.8, 4) is 0 Å². The number of hydrogen-bond acceptors (Lipinski definition) is 5. The number of carbonyl (C=O) groups is 1. The van der Waals surface area contributed by atoms with Crippen LogP contribution in [0.1, 0.15) is 34.5 Å². The van der Waals surface area contributed by atoms with Crippen LogP contribution in [0.3, 0.4) is 0 Å². The van der Waals surface area contributed by atoms with Crippen LogP contribution in [0.4, 0.5) is 21.8 Å². The standard InChI is InChI=1S/C26H26FN5O.ClH/c1-16-5-14-22-23(15-16)30-26(32(3)4)31-24(22)28-17(2)18-8-12-21(13-9-18)29-25(33)19-6-10-20(27)11-7-19;/h5-15,17H,1-4H3,(H,29,33)(H,28,30,31);1H. The van der Waals surface area contributed by atoms with Crippen LogP contribution in [0.15, 0.2) is 66.7 Å². The second-order valence-electron chi connectivity index (χ2n) is 8.24. The van der Waals surface area contributed by atoms with Gasteiger partial charge in [-0.1, -0.05) is 18.2 Å². The lowest BCUT2D eigenvalue weighted by molar-refractivity contribution is 0.102. The molecular weight excluding hydrogens is 453 g/mol. The zero-order valence-electron chi connectivity index (χ0n) is 19.5. The van der Waals surface area contributed by atoms with Gasteiger partial charge in [0, 0.05) is 36.8 Å². The first-order valence-electron chi connectivity index (χ1n) is 10.7. The molecule has 1 amide bonds. The van der Waals surface area contributed by atoms with Crippen molar-refractivity contribution in [1.82, 2.24) is 9.97 Å². The van der Waals surface area contributed by atoms with Gasteiger partial charge in [-0.15, -0.1) is 12.4 Å². The lowest BCUT2D eigenvalue weighted by atomic mass is 10.1. The first kappa shape index (κ1) is 24.9. The van der Waals surface area contributed by atoms with Crippen molar-refractivity contribution in [2.24, 2.45) is 0 Å². The maximum Gasteiger partial charge on any atom is 0.255 e. The number of anilines is 3. The van der Waals surface area contributed by atoms with Gasteiger partial charge in [-0.3, -0.25) is 4.79 Å². The molecule has 0 aliphatic carbocycles. The summed E-state index contributed by atoms with van der Waals surface area (Å²) in [5, 5.41) is 7.30. The van der Waals surface area contributed by atoms with Crippen molar-refractivity contribution in [3.05, 3.63) is 89.2 Å². The van der Waals surface area contributed by atoms with Crippen LogP contribution in [-0.2, 0) is 0 Å². The second-order valence-corrected chi connectivity index (χ2v) is 8.24. The van der Waals surface area contributed by atoms with E-state index in [0.717, 1.165) is 27.8 Å². The topological polar surface area (TPSA) is 70.2 Å². The summed E-state index contributed by atoms with van der Waals surface area (Å²) in [6, 6.07) is 19.2. The number of fused-ring (bicyclic) bond motifs is 1. The van der Waals surface area contributed by atoms with Gasteiger partial charge in [0.2, 0.25) is 5.95 Å². The number of hydrogen-bond donors (Lipinski definition) is 2. The first-order valence-corrected chi connectivity index (χ1v) is 10.7. The molecule has 0 aliphatic rings. The molecular formula is C26H27ClFN5O. The Morgan fingerprint density at radius 2 is 1.65 bits per heavy atom. The molecule has 1 aromatic heterocycles. The number of carbonyl (C=O) groups excluding carboxylic acids is 1. The quantitative estimate of drug-likeness (QED) is 0.355. The van der Waals surface area contributed by atoms with Crippen molar-refractivity contribution >= 4 is 46.7 Å². The summed E-state index contributed by atoms with van der Waals surface area (Å²) in [6.07, 6.45) is 0. The Morgan fingerprint density at radius 1 is 0.971 bits per heavy atom. The Bertz CT molecular complexity index is 1290. The molecule has 2 N–H and O–H groups in total. The summed E-state index contributed by atoms with van der Waals surface area (Å²) in [7, 11) is 3.84. The summed E-state index contributed by atoms with van der Waals surface area (Å²) in [5.41, 5.74) is 4.14. The third-order valence-corrected chi connectivity index (χ3v) is 5.37. The molecule has 176 valence electrons. The Morgan fingerprint density at radius 3 is 2.29 bits per heavy atom. The van der Waals surface area contributed by atoms with E-state index in [4.69, 9.17) is 4.98 Å². The Hall–Kier alpha value is -3.71. The minimum absolute atomic E-state index is 0. The Balaban J connectivity index is 0.00000324. The predicted octanol–water partition coefficient (Wildman–Crippen LogP) is 5.99. The summed E-state index contributed by atoms with van der Waals surface area (Å²) in [6.45, 7) is 4.10. The maximum absolute atomic E-state index is 13.1. The molecule has 0 spiro atoms. The molecule has 34 heavy (non-hydrogen) atoms. The molecule has 1 atom stereocenters. The number of aromatic nitrogens is 2. The maximum atomic E-state index is 13.1. The minimum atomic E-state index is -0.373. The van der Waals surface area contributed by atoms with Gasteiger partial charge in [0.1, 0.15) is 11.6 Å². The van der Waals surface area contributed by atoms with Crippen LogP contribution in [-0.4, -0.2) is 30.0 Å². The number of nitrogens with one attached hydrogen (secondary N) is 2. The average molecular weight is 480 g/mol. The highest BCUT2D eigenvalue weighted by atomic mass is 35.5. The summed E-state index contributed by atoms with van der Waals surface area (Å²) in [5.74, 6) is 0.751. The van der Waals surface area contributed by atoms with E-state index in [-0.39, 0.29) is 30.2 Å². The molecule has 0 bridgehead atoms. The minimum Gasteiger partial charge on any atom is -0.363 e. The molecule has 0 saturated heterocycles. The molecule has 0 saturated carbocycles. The molecule has 1 unspecified atom stereocenters. The highest BCUT2D eigenvalue weighted by Crippen LogP contribution is 2.28. The van der Waals surface area contributed by atoms with E-state index in [2.05, 4.69) is 34.7 Å². The zero-order valence-corrected chi connectivity index (χ0v) is 20.3. The molecule has 1 heterocycles. The van der Waals surface area contributed by atoms with Crippen molar-refractivity contribution in [1.29, 1.82) is 0 Å². The van der Waals surface area contributed by atoms with E-state index in [0.29, 0.717) is 17.2 Å². The largest absolute Gasteiger partial charge is 0.363 e. The summed E-state index contributed by atoms with van der Waals surface area (Å²) in [4.78, 5) is 23.6. The highest BCUT2D eigenvalue weighted by molar-refractivity contribution is 6.04. The van der Waals surface area contributed by atoms with Gasteiger partial charge in [0.15, 0.2) is 0 Å².